The molecule has 1 aromatic heterocycles. The number of tetrazole rings is 1. The molecule has 1 atom stereocenters. The Kier molecular flexibility index (Phi) is 3.41. The van der Waals surface area contributed by atoms with Gasteiger partial charge in [-0.2, -0.15) is 4.68 Å². The van der Waals surface area contributed by atoms with Gasteiger partial charge < -0.3 is 10.0 Å². The van der Waals surface area contributed by atoms with Gasteiger partial charge in [0.05, 0.1) is 18.3 Å². The summed E-state index contributed by atoms with van der Waals surface area (Å²) in [5.41, 5.74) is 0.935. The zero-order valence-corrected chi connectivity index (χ0v) is 10.7. The molecule has 0 bridgehead atoms. The molecule has 0 amide bonds. The summed E-state index contributed by atoms with van der Waals surface area (Å²) in [6.07, 6.45) is 3.24. The second kappa shape index (κ2) is 5.36. The van der Waals surface area contributed by atoms with Crippen molar-refractivity contribution in [3.8, 4) is 5.69 Å². The highest BCUT2D eigenvalue weighted by molar-refractivity contribution is 5.41. The van der Waals surface area contributed by atoms with Crippen LogP contribution < -0.4 is 4.90 Å². The van der Waals surface area contributed by atoms with Crippen molar-refractivity contribution in [3.05, 3.63) is 30.3 Å². The van der Waals surface area contributed by atoms with Crippen LogP contribution in [0.15, 0.2) is 30.3 Å². The molecule has 1 fully saturated rings. The highest BCUT2D eigenvalue weighted by atomic mass is 16.3. The average molecular weight is 259 g/mol. The fourth-order valence-corrected chi connectivity index (χ4v) is 2.55. The number of aromatic nitrogens is 4. The van der Waals surface area contributed by atoms with E-state index in [-0.39, 0.29) is 12.6 Å². The molecular formula is C13H17N5O. The van der Waals surface area contributed by atoms with Crippen LogP contribution in [0, 0.1) is 0 Å². The summed E-state index contributed by atoms with van der Waals surface area (Å²) in [7, 11) is 0. The molecule has 0 spiro atoms. The van der Waals surface area contributed by atoms with Gasteiger partial charge >= 0.3 is 0 Å². The molecule has 6 heteroatoms. The first-order valence-corrected chi connectivity index (χ1v) is 6.61. The SMILES string of the molecule is OCC1CCCCN1c1nnnn1-c1ccccc1. The largest absolute Gasteiger partial charge is 0.394 e. The van der Waals surface area contributed by atoms with Crippen molar-refractivity contribution < 1.29 is 5.11 Å². The molecule has 0 aliphatic carbocycles. The standard InChI is InChI=1S/C13H17N5O/c19-10-12-8-4-5-9-17(12)13-14-15-16-18(13)11-6-2-1-3-7-11/h1-3,6-7,12,19H,4-5,8-10H2. The molecule has 3 rings (SSSR count). The lowest BCUT2D eigenvalue weighted by atomic mass is 10.0. The number of nitrogens with zero attached hydrogens (tertiary/aromatic N) is 5. The average Bonchev–Trinajstić information content (AvgIpc) is 2.97. The van der Waals surface area contributed by atoms with Crippen LogP contribution in [0.4, 0.5) is 5.95 Å². The molecule has 2 aromatic rings. The summed E-state index contributed by atoms with van der Waals surface area (Å²) >= 11 is 0. The summed E-state index contributed by atoms with van der Waals surface area (Å²) in [5.74, 6) is 0.713. The van der Waals surface area contributed by atoms with E-state index >= 15 is 0 Å². The fourth-order valence-electron chi connectivity index (χ4n) is 2.55. The molecule has 1 N–H and O–H groups in total. The number of hydrogen-bond acceptors (Lipinski definition) is 5. The van der Waals surface area contributed by atoms with Crippen LogP contribution in [0.1, 0.15) is 19.3 Å². The van der Waals surface area contributed by atoms with E-state index in [0.717, 1.165) is 31.5 Å². The predicted molar refractivity (Wildman–Crippen MR) is 71.2 cm³/mol. The van der Waals surface area contributed by atoms with Gasteiger partial charge in [-0.3, -0.25) is 0 Å². The van der Waals surface area contributed by atoms with Gasteiger partial charge in [0, 0.05) is 6.54 Å². The van der Waals surface area contributed by atoms with E-state index < -0.39 is 0 Å². The number of benzene rings is 1. The Hall–Kier alpha value is -1.95. The molecule has 100 valence electrons. The number of aliphatic hydroxyl groups excluding tert-OH is 1. The third-order valence-corrected chi connectivity index (χ3v) is 3.55. The van der Waals surface area contributed by atoms with Crippen LogP contribution >= 0.6 is 0 Å². The first kappa shape index (κ1) is 12.1. The van der Waals surface area contributed by atoms with Crippen LogP contribution in [0.25, 0.3) is 5.69 Å². The van der Waals surface area contributed by atoms with E-state index in [4.69, 9.17) is 0 Å². The minimum Gasteiger partial charge on any atom is -0.394 e. The lowest BCUT2D eigenvalue weighted by Crippen LogP contribution is -2.43. The Morgan fingerprint density at radius 2 is 2.05 bits per heavy atom. The van der Waals surface area contributed by atoms with Gasteiger partial charge in [-0.05, 0) is 41.8 Å². The molecule has 2 heterocycles. The summed E-state index contributed by atoms with van der Waals surface area (Å²) in [6, 6.07) is 9.93. The first-order chi connectivity index (χ1) is 9.40. The van der Waals surface area contributed by atoms with Crippen molar-refractivity contribution in [2.45, 2.75) is 25.3 Å². The number of piperidine rings is 1. The molecule has 0 radical (unpaired) electrons. The first-order valence-electron chi connectivity index (χ1n) is 6.61. The van der Waals surface area contributed by atoms with Gasteiger partial charge in [-0.15, -0.1) is 0 Å². The normalized spacial score (nSPS) is 19.6. The van der Waals surface area contributed by atoms with E-state index in [1.807, 2.05) is 30.3 Å². The number of aliphatic hydroxyl groups is 1. The maximum absolute atomic E-state index is 9.50. The monoisotopic (exact) mass is 259 g/mol. The zero-order chi connectivity index (χ0) is 13.1. The predicted octanol–water partition coefficient (Wildman–Crippen LogP) is 1.01. The van der Waals surface area contributed by atoms with Crippen molar-refractivity contribution in [1.82, 2.24) is 20.2 Å². The quantitative estimate of drug-likeness (QED) is 0.891. The van der Waals surface area contributed by atoms with Crippen molar-refractivity contribution in [2.24, 2.45) is 0 Å². The second-order valence-electron chi connectivity index (χ2n) is 4.75. The van der Waals surface area contributed by atoms with E-state index in [9.17, 15) is 5.11 Å². The molecule has 0 saturated carbocycles. The van der Waals surface area contributed by atoms with Gasteiger partial charge in [-0.25, -0.2) is 0 Å². The molecule has 1 aliphatic heterocycles. The smallest absolute Gasteiger partial charge is 0.250 e. The van der Waals surface area contributed by atoms with Gasteiger partial charge in [0.25, 0.3) is 5.95 Å². The lowest BCUT2D eigenvalue weighted by molar-refractivity contribution is 0.238. The Morgan fingerprint density at radius 3 is 2.84 bits per heavy atom. The summed E-state index contributed by atoms with van der Waals surface area (Å²) in [5, 5.41) is 21.5. The highest BCUT2D eigenvalue weighted by Gasteiger charge is 2.26. The molecule has 6 nitrogen and oxygen atoms in total. The van der Waals surface area contributed by atoms with Crippen LogP contribution in [0.2, 0.25) is 0 Å². The third-order valence-electron chi connectivity index (χ3n) is 3.55. The molecular weight excluding hydrogens is 242 g/mol. The Morgan fingerprint density at radius 1 is 1.21 bits per heavy atom. The number of anilines is 1. The molecule has 1 saturated heterocycles. The van der Waals surface area contributed by atoms with Crippen LogP contribution in [-0.2, 0) is 0 Å². The van der Waals surface area contributed by atoms with Crippen molar-refractivity contribution in [2.75, 3.05) is 18.1 Å². The third kappa shape index (κ3) is 2.31. The molecule has 1 unspecified atom stereocenters. The number of hydrogen-bond donors (Lipinski definition) is 1. The van der Waals surface area contributed by atoms with E-state index in [2.05, 4.69) is 20.4 Å². The van der Waals surface area contributed by atoms with E-state index in [1.54, 1.807) is 4.68 Å². The minimum absolute atomic E-state index is 0.113. The van der Waals surface area contributed by atoms with E-state index in [0.29, 0.717) is 5.95 Å². The van der Waals surface area contributed by atoms with E-state index in [1.165, 1.54) is 0 Å². The van der Waals surface area contributed by atoms with Crippen LogP contribution in [-0.4, -0.2) is 44.5 Å². The maximum atomic E-state index is 9.50. The lowest BCUT2D eigenvalue weighted by Gasteiger charge is -2.34. The minimum atomic E-state index is 0.113. The van der Waals surface area contributed by atoms with Crippen molar-refractivity contribution in [1.29, 1.82) is 0 Å². The zero-order valence-electron chi connectivity index (χ0n) is 10.7. The topological polar surface area (TPSA) is 67.1 Å². The van der Waals surface area contributed by atoms with Gasteiger partial charge in [0.2, 0.25) is 0 Å². The second-order valence-corrected chi connectivity index (χ2v) is 4.75. The summed E-state index contributed by atoms with van der Waals surface area (Å²) in [6.45, 7) is 1.03. The molecule has 19 heavy (non-hydrogen) atoms. The molecule has 1 aliphatic rings. The highest BCUT2D eigenvalue weighted by Crippen LogP contribution is 2.23. The summed E-state index contributed by atoms with van der Waals surface area (Å²) in [4.78, 5) is 2.11. The maximum Gasteiger partial charge on any atom is 0.250 e. The van der Waals surface area contributed by atoms with Gasteiger partial charge in [0.1, 0.15) is 0 Å². The van der Waals surface area contributed by atoms with Gasteiger partial charge in [-0.1, -0.05) is 23.3 Å². The number of rotatable bonds is 3. The Labute approximate surface area is 111 Å². The fraction of sp³-hybridized carbons (Fsp3) is 0.462. The summed E-state index contributed by atoms with van der Waals surface area (Å²) < 4.78 is 1.73. The Balaban J connectivity index is 1.95. The van der Waals surface area contributed by atoms with Crippen LogP contribution in [0.3, 0.4) is 0 Å². The number of para-hydroxylation sites is 1. The van der Waals surface area contributed by atoms with Crippen molar-refractivity contribution in [3.63, 3.8) is 0 Å². The van der Waals surface area contributed by atoms with Crippen LogP contribution in [0.5, 0.6) is 0 Å². The van der Waals surface area contributed by atoms with Gasteiger partial charge in [0.15, 0.2) is 0 Å². The van der Waals surface area contributed by atoms with Crippen molar-refractivity contribution >= 4 is 5.95 Å². The Bertz CT molecular complexity index is 527. The molecule has 1 aromatic carbocycles.